The first-order chi connectivity index (χ1) is 7.35. The molecule has 0 aromatic heterocycles. The molecule has 0 atom stereocenters. The Morgan fingerprint density at radius 2 is 2.40 bits per heavy atom. The smallest absolute Gasteiger partial charge is 0.149 e. The minimum absolute atomic E-state index is 0.339. The number of aldehydes is 1. The average Bonchev–Trinajstić information content (AvgIpc) is 2.29. The van der Waals surface area contributed by atoms with Gasteiger partial charge in [0.15, 0.2) is 0 Å². The van der Waals surface area contributed by atoms with Crippen LogP contribution in [0.3, 0.4) is 0 Å². The molecule has 1 aliphatic heterocycles. The number of carbonyl (C=O) groups excluding carboxylic acids is 1. The molecular weight excluding hydrogens is 192 g/mol. The second-order valence-corrected chi connectivity index (χ2v) is 3.23. The molecule has 1 aromatic rings. The second kappa shape index (κ2) is 4.17. The van der Waals surface area contributed by atoms with E-state index in [9.17, 15) is 4.79 Å². The Bertz CT molecular complexity index is 407. The fourth-order valence-corrected chi connectivity index (χ4v) is 1.53. The largest absolute Gasteiger partial charge is 0.493 e. The van der Waals surface area contributed by atoms with Crippen LogP contribution in [0.1, 0.15) is 12.5 Å². The molecule has 1 heterocycles. The fourth-order valence-electron chi connectivity index (χ4n) is 1.53. The van der Waals surface area contributed by atoms with Gasteiger partial charge in [0, 0.05) is 5.57 Å². The van der Waals surface area contributed by atoms with Crippen molar-refractivity contribution in [1.82, 2.24) is 0 Å². The van der Waals surface area contributed by atoms with Crippen LogP contribution in [-0.2, 0) is 4.79 Å². The minimum Gasteiger partial charge on any atom is -0.493 e. The third-order valence-electron chi connectivity index (χ3n) is 2.20. The van der Waals surface area contributed by atoms with E-state index in [1.54, 1.807) is 0 Å². The molecule has 0 amide bonds. The van der Waals surface area contributed by atoms with Gasteiger partial charge in [-0.2, -0.15) is 0 Å². The molecule has 0 saturated carbocycles. The highest BCUT2D eigenvalue weighted by Crippen LogP contribution is 2.33. The van der Waals surface area contributed by atoms with E-state index in [1.165, 1.54) is 0 Å². The van der Waals surface area contributed by atoms with Crippen LogP contribution in [0.2, 0.25) is 0 Å². The lowest BCUT2D eigenvalue weighted by Crippen LogP contribution is -2.09. The number of hydrogen-bond donors (Lipinski definition) is 0. The van der Waals surface area contributed by atoms with Crippen molar-refractivity contribution in [3.63, 3.8) is 0 Å². The molecule has 15 heavy (non-hydrogen) atoms. The first-order valence-electron chi connectivity index (χ1n) is 4.89. The van der Waals surface area contributed by atoms with E-state index >= 15 is 0 Å². The highest BCUT2D eigenvalue weighted by Gasteiger charge is 2.14. The third-order valence-corrected chi connectivity index (χ3v) is 2.20. The molecule has 0 unspecified atom stereocenters. The van der Waals surface area contributed by atoms with Crippen LogP contribution in [0.5, 0.6) is 11.5 Å². The predicted molar refractivity (Wildman–Crippen MR) is 57.1 cm³/mol. The highest BCUT2D eigenvalue weighted by molar-refractivity contribution is 5.85. The zero-order valence-corrected chi connectivity index (χ0v) is 8.53. The molecule has 3 heteroatoms. The van der Waals surface area contributed by atoms with E-state index in [0.717, 1.165) is 23.3 Å². The summed E-state index contributed by atoms with van der Waals surface area (Å²) in [6.07, 6.45) is 2.63. The maximum atomic E-state index is 10.6. The van der Waals surface area contributed by atoms with Crippen LogP contribution in [0.25, 0.3) is 6.08 Å². The molecule has 0 N–H and O–H groups in total. The summed E-state index contributed by atoms with van der Waals surface area (Å²) in [5.41, 5.74) is 1.49. The number of rotatable bonds is 3. The summed E-state index contributed by atoms with van der Waals surface area (Å²) in [6.45, 7) is 2.86. The first kappa shape index (κ1) is 9.77. The number of fused-ring (bicyclic) bond motifs is 1. The van der Waals surface area contributed by atoms with Gasteiger partial charge in [0.25, 0.3) is 0 Å². The summed E-state index contributed by atoms with van der Waals surface area (Å²) >= 11 is 0. The SMILES string of the molecule is CCOc1cccc2c1C=C(C=O)CO2. The van der Waals surface area contributed by atoms with E-state index < -0.39 is 0 Å². The zero-order chi connectivity index (χ0) is 10.7. The van der Waals surface area contributed by atoms with Crippen LogP contribution in [0.4, 0.5) is 0 Å². The van der Waals surface area contributed by atoms with Gasteiger partial charge in [0.2, 0.25) is 0 Å². The Balaban J connectivity index is 2.45. The van der Waals surface area contributed by atoms with Crippen molar-refractivity contribution in [2.45, 2.75) is 6.92 Å². The van der Waals surface area contributed by atoms with Gasteiger partial charge in [-0.05, 0) is 25.1 Å². The predicted octanol–water partition coefficient (Wildman–Crippen LogP) is 2.06. The minimum atomic E-state index is 0.339. The van der Waals surface area contributed by atoms with E-state index in [1.807, 2.05) is 31.2 Å². The lowest BCUT2D eigenvalue weighted by Gasteiger charge is -2.17. The normalized spacial score (nSPS) is 13.5. The molecular formula is C12H12O3. The van der Waals surface area contributed by atoms with Crippen LogP contribution in [-0.4, -0.2) is 19.5 Å². The topological polar surface area (TPSA) is 35.5 Å². The van der Waals surface area contributed by atoms with Gasteiger partial charge in [-0.15, -0.1) is 0 Å². The van der Waals surface area contributed by atoms with Crippen molar-refractivity contribution < 1.29 is 14.3 Å². The summed E-state index contributed by atoms with van der Waals surface area (Å²) in [7, 11) is 0. The molecule has 3 nitrogen and oxygen atoms in total. The zero-order valence-electron chi connectivity index (χ0n) is 8.53. The first-order valence-corrected chi connectivity index (χ1v) is 4.89. The molecule has 1 aliphatic rings. The monoisotopic (exact) mass is 204 g/mol. The Morgan fingerprint density at radius 3 is 3.13 bits per heavy atom. The number of ether oxygens (including phenoxy) is 2. The van der Waals surface area contributed by atoms with Crippen molar-refractivity contribution in [1.29, 1.82) is 0 Å². The number of hydrogen-bond acceptors (Lipinski definition) is 3. The Labute approximate surface area is 88.3 Å². The Hall–Kier alpha value is -1.77. The summed E-state index contributed by atoms with van der Waals surface area (Å²) in [5, 5.41) is 0. The molecule has 0 fully saturated rings. The molecule has 0 spiro atoms. The molecule has 1 aromatic carbocycles. The van der Waals surface area contributed by atoms with E-state index in [2.05, 4.69) is 0 Å². The average molecular weight is 204 g/mol. The van der Waals surface area contributed by atoms with Gasteiger partial charge < -0.3 is 9.47 Å². The maximum Gasteiger partial charge on any atom is 0.149 e. The third kappa shape index (κ3) is 1.86. The lowest BCUT2D eigenvalue weighted by atomic mass is 10.1. The quantitative estimate of drug-likeness (QED) is 0.707. The summed E-state index contributed by atoms with van der Waals surface area (Å²) in [5.74, 6) is 1.53. The standard InChI is InChI=1S/C12H12O3/c1-2-14-11-4-3-5-12-10(11)6-9(7-13)8-15-12/h3-7H,2,8H2,1H3. The van der Waals surface area contributed by atoms with Gasteiger partial charge in [0.1, 0.15) is 24.4 Å². The highest BCUT2D eigenvalue weighted by atomic mass is 16.5. The molecule has 0 aliphatic carbocycles. The van der Waals surface area contributed by atoms with Crippen LogP contribution >= 0.6 is 0 Å². The second-order valence-electron chi connectivity index (χ2n) is 3.23. The molecule has 0 bridgehead atoms. The molecule has 0 radical (unpaired) electrons. The van der Waals surface area contributed by atoms with Crippen molar-refractivity contribution in [2.24, 2.45) is 0 Å². The van der Waals surface area contributed by atoms with Gasteiger partial charge >= 0.3 is 0 Å². The Kier molecular flexibility index (Phi) is 2.72. The summed E-state index contributed by atoms with van der Waals surface area (Å²) in [6, 6.07) is 5.62. The molecule has 2 rings (SSSR count). The van der Waals surface area contributed by atoms with Crippen molar-refractivity contribution in [3.8, 4) is 11.5 Å². The molecule has 0 saturated heterocycles. The fraction of sp³-hybridized carbons (Fsp3) is 0.250. The van der Waals surface area contributed by atoms with Gasteiger partial charge in [-0.1, -0.05) is 6.07 Å². The van der Waals surface area contributed by atoms with E-state index in [4.69, 9.17) is 9.47 Å². The van der Waals surface area contributed by atoms with Gasteiger partial charge in [-0.3, -0.25) is 4.79 Å². The van der Waals surface area contributed by atoms with Crippen LogP contribution < -0.4 is 9.47 Å². The summed E-state index contributed by atoms with van der Waals surface area (Å²) in [4.78, 5) is 10.6. The van der Waals surface area contributed by atoms with Crippen molar-refractivity contribution in [3.05, 3.63) is 29.3 Å². The van der Waals surface area contributed by atoms with E-state index in [0.29, 0.717) is 18.8 Å². The summed E-state index contributed by atoms with van der Waals surface area (Å²) < 4.78 is 10.9. The van der Waals surface area contributed by atoms with Gasteiger partial charge in [0.05, 0.1) is 12.2 Å². The van der Waals surface area contributed by atoms with Crippen molar-refractivity contribution >= 4 is 12.4 Å². The van der Waals surface area contributed by atoms with Gasteiger partial charge in [-0.25, -0.2) is 0 Å². The lowest BCUT2D eigenvalue weighted by molar-refractivity contribution is -0.105. The number of carbonyl (C=O) groups is 1. The molecule has 78 valence electrons. The van der Waals surface area contributed by atoms with Crippen molar-refractivity contribution in [2.75, 3.05) is 13.2 Å². The van der Waals surface area contributed by atoms with Crippen LogP contribution in [0.15, 0.2) is 23.8 Å². The van der Waals surface area contributed by atoms with E-state index in [-0.39, 0.29) is 0 Å². The van der Waals surface area contributed by atoms with Crippen LogP contribution in [0, 0.1) is 0 Å². The maximum absolute atomic E-state index is 10.6. The Morgan fingerprint density at radius 1 is 1.53 bits per heavy atom. The number of benzene rings is 1.